The van der Waals surface area contributed by atoms with Crippen LogP contribution < -0.4 is 14.8 Å². The molecule has 0 saturated carbocycles. The number of thioether (sulfide) groups is 2. The van der Waals surface area contributed by atoms with Gasteiger partial charge in [-0.25, -0.2) is 4.98 Å². The van der Waals surface area contributed by atoms with Crippen molar-refractivity contribution in [2.45, 2.75) is 41.8 Å². The Balaban J connectivity index is 0.910. The van der Waals surface area contributed by atoms with Crippen molar-refractivity contribution in [2.24, 2.45) is 0 Å². The van der Waals surface area contributed by atoms with Gasteiger partial charge in [0.2, 0.25) is 11.8 Å². The molecule has 52 heavy (non-hydrogen) atoms. The first-order valence-corrected chi connectivity index (χ1v) is 19.7. The van der Waals surface area contributed by atoms with Crippen LogP contribution >= 0.6 is 34.9 Å². The number of ether oxygens (including phenoxy) is 2. The summed E-state index contributed by atoms with van der Waals surface area (Å²) in [5.74, 6) is 2.37. The molecule has 262 valence electrons. The van der Waals surface area contributed by atoms with Crippen molar-refractivity contribution in [2.75, 3.05) is 23.9 Å². The number of aryl methyl sites for hydroxylation is 1. The molecule has 3 heterocycles. The van der Waals surface area contributed by atoms with Gasteiger partial charge in [-0.2, -0.15) is 0 Å². The van der Waals surface area contributed by atoms with Crippen LogP contribution in [-0.2, 0) is 24.2 Å². The van der Waals surface area contributed by atoms with E-state index in [4.69, 9.17) is 14.5 Å². The number of para-hydroxylation sites is 2. The Hall–Kier alpha value is -5.11. The van der Waals surface area contributed by atoms with Gasteiger partial charge in [-0.1, -0.05) is 59.9 Å². The van der Waals surface area contributed by atoms with Gasteiger partial charge in [0, 0.05) is 22.5 Å². The number of rotatable bonds is 12. The number of anilines is 1. The maximum absolute atomic E-state index is 13.6. The smallest absolute Gasteiger partial charge is 0.241 e. The first kappa shape index (κ1) is 34.0. The highest BCUT2D eigenvalue weighted by atomic mass is 32.2. The Bertz CT molecular complexity index is 2390. The number of nitrogens with zero attached hydrogens (tertiary/aromatic N) is 5. The fourth-order valence-electron chi connectivity index (χ4n) is 6.48. The van der Waals surface area contributed by atoms with E-state index >= 15 is 0 Å². The molecule has 0 atom stereocenters. The van der Waals surface area contributed by atoms with Gasteiger partial charge in [-0.15, -0.1) is 21.5 Å². The number of benzene rings is 4. The normalized spacial score (nSPS) is 12.6. The zero-order valence-electron chi connectivity index (χ0n) is 28.3. The van der Waals surface area contributed by atoms with Crippen molar-refractivity contribution in [1.82, 2.24) is 24.3 Å². The Kier molecular flexibility index (Phi) is 9.97. The molecule has 0 aliphatic heterocycles. The molecule has 3 aromatic heterocycles. The first-order valence-electron chi connectivity index (χ1n) is 16.9. The fraction of sp³-hybridized carbons (Fsp3) is 0.205. The lowest BCUT2D eigenvalue weighted by molar-refractivity contribution is -0.113. The van der Waals surface area contributed by atoms with Crippen molar-refractivity contribution in [3.63, 3.8) is 0 Å². The summed E-state index contributed by atoms with van der Waals surface area (Å²) in [7, 11) is 1.62. The predicted octanol–water partition coefficient (Wildman–Crippen LogP) is 8.46. The van der Waals surface area contributed by atoms with E-state index in [1.54, 1.807) is 7.11 Å². The third-order valence-corrected chi connectivity index (χ3v) is 11.9. The molecule has 1 aliphatic rings. The molecule has 0 unspecified atom stereocenters. The highest BCUT2D eigenvalue weighted by molar-refractivity contribution is 8.01. The average molecular weight is 747 g/mol. The Morgan fingerprint density at radius 3 is 2.50 bits per heavy atom. The molecule has 0 spiro atoms. The van der Waals surface area contributed by atoms with Crippen molar-refractivity contribution >= 4 is 73.5 Å². The highest BCUT2D eigenvalue weighted by Gasteiger charge is 2.24. The number of amides is 1. The molecule has 13 heteroatoms. The number of hydrogen-bond donors (Lipinski definition) is 1. The zero-order chi connectivity index (χ0) is 35.4. The number of thiazole rings is 1. The molecule has 4 aromatic carbocycles. The van der Waals surface area contributed by atoms with Crippen LogP contribution in [0.4, 0.5) is 5.69 Å². The SMILES string of the molecule is COc1ccc(OCc2nnc(SCC(=O)Nc3ccc4nc(SCC(=O)n5c6c(c7ccccc75)CCCC6)sc4c3)n2-c2ccccc2)cc1. The quantitative estimate of drug-likeness (QED) is 0.123. The molecule has 0 bridgehead atoms. The minimum atomic E-state index is -0.171. The molecule has 7 aromatic rings. The molecule has 8 rings (SSSR count). The second-order valence-corrected chi connectivity index (χ2v) is 15.4. The van der Waals surface area contributed by atoms with Gasteiger partial charge < -0.3 is 14.8 Å². The zero-order valence-corrected chi connectivity index (χ0v) is 30.7. The lowest BCUT2D eigenvalue weighted by atomic mass is 9.96. The minimum Gasteiger partial charge on any atom is -0.497 e. The summed E-state index contributed by atoms with van der Waals surface area (Å²) in [6.45, 7) is 0.190. The molecule has 0 fully saturated rings. The van der Waals surface area contributed by atoms with Crippen LogP contribution in [-0.4, -0.2) is 54.7 Å². The van der Waals surface area contributed by atoms with E-state index in [0.717, 1.165) is 57.2 Å². The van der Waals surface area contributed by atoms with Gasteiger partial charge in [-0.05, 0) is 91.9 Å². The molecule has 0 saturated heterocycles. The van der Waals surface area contributed by atoms with Crippen LogP contribution in [0.5, 0.6) is 11.5 Å². The van der Waals surface area contributed by atoms with E-state index in [1.807, 2.05) is 100 Å². The van der Waals surface area contributed by atoms with Crippen LogP contribution in [0, 0.1) is 0 Å². The summed E-state index contributed by atoms with van der Waals surface area (Å²) < 4.78 is 16.8. The fourth-order valence-corrected chi connectivity index (χ4v) is 9.21. The van der Waals surface area contributed by atoms with E-state index in [-0.39, 0.29) is 24.2 Å². The summed E-state index contributed by atoms with van der Waals surface area (Å²) in [6, 6.07) is 31.0. The van der Waals surface area contributed by atoms with E-state index < -0.39 is 0 Å². The Labute approximate surface area is 312 Å². The van der Waals surface area contributed by atoms with Gasteiger partial charge in [0.1, 0.15) is 18.1 Å². The third-order valence-electron chi connectivity index (χ3n) is 8.87. The van der Waals surface area contributed by atoms with Crippen LogP contribution in [0.15, 0.2) is 107 Å². The number of aromatic nitrogens is 5. The van der Waals surface area contributed by atoms with Crippen molar-refractivity contribution < 1.29 is 19.1 Å². The van der Waals surface area contributed by atoms with Crippen molar-refractivity contribution in [3.05, 3.63) is 114 Å². The second-order valence-electron chi connectivity index (χ2n) is 12.2. The van der Waals surface area contributed by atoms with Gasteiger partial charge >= 0.3 is 0 Å². The van der Waals surface area contributed by atoms with Crippen LogP contribution in [0.25, 0.3) is 26.8 Å². The molecule has 1 aliphatic carbocycles. The monoisotopic (exact) mass is 746 g/mol. The van der Waals surface area contributed by atoms with E-state index in [9.17, 15) is 9.59 Å². The van der Waals surface area contributed by atoms with Crippen LogP contribution in [0.3, 0.4) is 0 Å². The largest absolute Gasteiger partial charge is 0.497 e. The predicted molar refractivity (Wildman–Crippen MR) is 208 cm³/mol. The van der Waals surface area contributed by atoms with E-state index in [2.05, 4.69) is 21.6 Å². The maximum Gasteiger partial charge on any atom is 0.241 e. The second kappa shape index (κ2) is 15.2. The molecule has 10 nitrogen and oxygen atoms in total. The van der Waals surface area contributed by atoms with Gasteiger partial charge in [-0.3, -0.25) is 18.7 Å². The first-order chi connectivity index (χ1) is 25.5. The number of methoxy groups -OCH3 is 1. The van der Waals surface area contributed by atoms with E-state index in [0.29, 0.717) is 28.2 Å². The number of nitrogens with one attached hydrogen (secondary N) is 1. The van der Waals surface area contributed by atoms with Crippen LogP contribution in [0.2, 0.25) is 0 Å². The number of carbonyl (C=O) groups excluding carboxylic acids is 2. The standard InChI is InChI=1S/C39H34N6O4S3/c1-48-27-16-18-28(19-17-27)49-22-35-42-43-38(44(35)26-9-3-2-4-10-26)50-23-36(46)40-25-15-20-31-34(21-25)52-39(41-31)51-24-37(47)45-32-13-7-5-11-29(32)30-12-6-8-14-33(30)45/h2-5,7,9-11,13,15-21H,6,8,12,14,22-24H2,1H3,(H,40,46). The van der Waals surface area contributed by atoms with Crippen molar-refractivity contribution in [1.29, 1.82) is 0 Å². The summed E-state index contributed by atoms with van der Waals surface area (Å²) in [4.78, 5) is 31.5. The van der Waals surface area contributed by atoms with Gasteiger partial charge in [0.15, 0.2) is 15.3 Å². The summed E-state index contributed by atoms with van der Waals surface area (Å²) in [6.07, 6.45) is 4.23. The number of carbonyl (C=O) groups is 2. The molecular formula is C39H34N6O4S3. The average Bonchev–Trinajstić information content (AvgIpc) is 3.89. The van der Waals surface area contributed by atoms with Crippen LogP contribution in [0.1, 0.15) is 34.7 Å². The minimum absolute atomic E-state index is 0.0778. The van der Waals surface area contributed by atoms with Gasteiger partial charge in [0.25, 0.3) is 0 Å². The maximum atomic E-state index is 13.6. The third kappa shape index (κ3) is 7.16. The molecule has 1 amide bonds. The highest BCUT2D eigenvalue weighted by Crippen LogP contribution is 2.35. The number of fused-ring (bicyclic) bond motifs is 4. The van der Waals surface area contributed by atoms with Crippen molar-refractivity contribution in [3.8, 4) is 17.2 Å². The topological polar surface area (TPSA) is 113 Å². The molecular weight excluding hydrogens is 713 g/mol. The summed E-state index contributed by atoms with van der Waals surface area (Å²) >= 11 is 4.28. The lowest BCUT2D eigenvalue weighted by Crippen LogP contribution is -2.18. The van der Waals surface area contributed by atoms with E-state index in [1.165, 1.54) is 51.5 Å². The van der Waals surface area contributed by atoms with Gasteiger partial charge in [0.05, 0.1) is 34.3 Å². The summed E-state index contributed by atoms with van der Waals surface area (Å²) in [5.41, 5.74) is 5.87. The summed E-state index contributed by atoms with van der Waals surface area (Å²) in [5, 5.41) is 13.6. The molecule has 0 radical (unpaired) electrons. The lowest BCUT2D eigenvalue weighted by Gasteiger charge is -2.14. The Morgan fingerprint density at radius 2 is 1.65 bits per heavy atom. The number of hydrogen-bond acceptors (Lipinski definition) is 10. The molecule has 1 N–H and O–H groups in total. The Morgan fingerprint density at radius 1 is 0.865 bits per heavy atom.